The van der Waals surface area contributed by atoms with Gasteiger partial charge in [0.2, 0.25) is 0 Å². The van der Waals surface area contributed by atoms with Crippen LogP contribution in [0.15, 0.2) is 22.7 Å². The van der Waals surface area contributed by atoms with Crippen molar-refractivity contribution in [3.63, 3.8) is 0 Å². The van der Waals surface area contributed by atoms with E-state index in [0.29, 0.717) is 11.8 Å². The molecule has 1 aromatic carbocycles. The van der Waals surface area contributed by atoms with Crippen LogP contribution in [-0.2, 0) is 10.6 Å². The van der Waals surface area contributed by atoms with Gasteiger partial charge in [0.1, 0.15) is 0 Å². The SMILES string of the molecule is COCC1CCN(c2cc(Br)ccc2CCl)CC1. The fourth-order valence-corrected chi connectivity index (χ4v) is 3.10. The second-order valence-corrected chi connectivity index (χ2v) is 5.98. The summed E-state index contributed by atoms with van der Waals surface area (Å²) in [6, 6.07) is 6.33. The van der Waals surface area contributed by atoms with Crippen molar-refractivity contribution in [2.45, 2.75) is 18.7 Å². The van der Waals surface area contributed by atoms with Crippen molar-refractivity contribution in [2.75, 3.05) is 31.7 Å². The third-order valence-electron chi connectivity index (χ3n) is 3.55. The highest BCUT2D eigenvalue weighted by atomic mass is 79.9. The number of hydrogen-bond acceptors (Lipinski definition) is 2. The zero-order chi connectivity index (χ0) is 13.0. The Morgan fingerprint density at radius 2 is 2.11 bits per heavy atom. The minimum atomic E-state index is 0.570. The first-order chi connectivity index (χ1) is 8.74. The van der Waals surface area contributed by atoms with Crippen molar-refractivity contribution >= 4 is 33.2 Å². The Balaban J connectivity index is 2.06. The summed E-state index contributed by atoms with van der Waals surface area (Å²) in [6.45, 7) is 3.07. The van der Waals surface area contributed by atoms with E-state index in [9.17, 15) is 0 Å². The Labute approximate surface area is 122 Å². The maximum atomic E-state index is 6.02. The molecule has 0 N–H and O–H groups in total. The van der Waals surface area contributed by atoms with Gasteiger partial charge in [-0.15, -0.1) is 11.6 Å². The van der Waals surface area contributed by atoms with Gasteiger partial charge in [0.05, 0.1) is 0 Å². The van der Waals surface area contributed by atoms with Crippen LogP contribution < -0.4 is 4.90 Å². The minimum Gasteiger partial charge on any atom is -0.384 e. The number of rotatable bonds is 4. The number of methoxy groups -OCH3 is 1. The lowest BCUT2D eigenvalue weighted by atomic mass is 9.97. The highest BCUT2D eigenvalue weighted by Crippen LogP contribution is 2.30. The van der Waals surface area contributed by atoms with Crippen molar-refractivity contribution in [3.05, 3.63) is 28.2 Å². The van der Waals surface area contributed by atoms with E-state index in [1.165, 1.54) is 24.1 Å². The number of halogens is 2. The van der Waals surface area contributed by atoms with Crippen LogP contribution in [0.5, 0.6) is 0 Å². The molecule has 0 atom stereocenters. The van der Waals surface area contributed by atoms with Crippen molar-refractivity contribution in [3.8, 4) is 0 Å². The molecule has 0 aromatic heterocycles. The Hall–Kier alpha value is -0.250. The largest absolute Gasteiger partial charge is 0.384 e. The van der Waals surface area contributed by atoms with Gasteiger partial charge in [-0.05, 0) is 36.5 Å². The van der Waals surface area contributed by atoms with Crippen molar-refractivity contribution < 1.29 is 4.74 Å². The van der Waals surface area contributed by atoms with Gasteiger partial charge in [0.25, 0.3) is 0 Å². The van der Waals surface area contributed by atoms with Crippen LogP contribution in [0, 0.1) is 5.92 Å². The molecule has 1 saturated heterocycles. The van der Waals surface area contributed by atoms with Crippen LogP contribution in [0.1, 0.15) is 18.4 Å². The monoisotopic (exact) mass is 331 g/mol. The molecular formula is C14H19BrClNO. The molecule has 0 amide bonds. The Bertz CT molecular complexity index is 391. The molecule has 1 aliphatic heterocycles. The van der Waals surface area contributed by atoms with Crippen molar-refractivity contribution in [1.29, 1.82) is 0 Å². The number of benzene rings is 1. The van der Waals surface area contributed by atoms with Crippen LogP contribution in [0.25, 0.3) is 0 Å². The number of anilines is 1. The van der Waals surface area contributed by atoms with Gasteiger partial charge in [0, 0.05) is 42.8 Å². The number of piperidine rings is 1. The van der Waals surface area contributed by atoms with E-state index >= 15 is 0 Å². The summed E-state index contributed by atoms with van der Waals surface area (Å²) in [5, 5.41) is 0. The predicted octanol–water partition coefficient (Wildman–Crippen LogP) is 4.05. The minimum absolute atomic E-state index is 0.570. The average Bonchev–Trinajstić information content (AvgIpc) is 2.40. The molecule has 0 aliphatic carbocycles. The fraction of sp³-hybridized carbons (Fsp3) is 0.571. The molecule has 1 fully saturated rings. The van der Waals surface area contributed by atoms with Crippen molar-refractivity contribution in [2.24, 2.45) is 5.92 Å². The van der Waals surface area contributed by atoms with Crippen LogP contribution >= 0.6 is 27.5 Å². The second kappa shape index (κ2) is 6.78. The van der Waals surface area contributed by atoms with Gasteiger partial charge >= 0.3 is 0 Å². The zero-order valence-electron chi connectivity index (χ0n) is 10.7. The molecule has 1 aliphatic rings. The molecule has 18 heavy (non-hydrogen) atoms. The van der Waals surface area contributed by atoms with Gasteiger partial charge in [0.15, 0.2) is 0 Å². The Kier molecular flexibility index (Phi) is 5.34. The quantitative estimate of drug-likeness (QED) is 0.771. The maximum absolute atomic E-state index is 6.02. The topological polar surface area (TPSA) is 12.5 Å². The van der Waals surface area contributed by atoms with Gasteiger partial charge < -0.3 is 9.64 Å². The molecular weight excluding hydrogens is 314 g/mol. The lowest BCUT2D eigenvalue weighted by molar-refractivity contribution is 0.139. The lowest BCUT2D eigenvalue weighted by Crippen LogP contribution is -2.35. The molecule has 1 heterocycles. The Morgan fingerprint density at radius 1 is 1.39 bits per heavy atom. The van der Waals surface area contributed by atoms with E-state index < -0.39 is 0 Å². The Morgan fingerprint density at radius 3 is 2.72 bits per heavy atom. The smallest absolute Gasteiger partial charge is 0.0494 e. The van der Waals surface area contributed by atoms with Crippen LogP contribution in [0.3, 0.4) is 0 Å². The third-order valence-corrected chi connectivity index (χ3v) is 4.33. The number of nitrogens with zero attached hydrogens (tertiary/aromatic N) is 1. The highest BCUT2D eigenvalue weighted by molar-refractivity contribution is 9.10. The van der Waals surface area contributed by atoms with E-state index in [-0.39, 0.29) is 0 Å². The summed E-state index contributed by atoms with van der Waals surface area (Å²) in [4.78, 5) is 2.44. The summed E-state index contributed by atoms with van der Waals surface area (Å²) in [5.41, 5.74) is 2.49. The molecule has 0 radical (unpaired) electrons. The molecule has 0 unspecified atom stereocenters. The normalized spacial score (nSPS) is 17.2. The standard InChI is InChI=1S/C14H19BrClNO/c1-18-10-11-4-6-17(7-5-11)14-8-13(15)3-2-12(14)9-16/h2-3,8,11H,4-7,9-10H2,1H3. The summed E-state index contributed by atoms with van der Waals surface area (Å²) < 4.78 is 6.36. The van der Waals surface area contributed by atoms with Crippen LogP contribution in [-0.4, -0.2) is 26.8 Å². The number of ether oxygens (including phenoxy) is 1. The summed E-state index contributed by atoms with van der Waals surface area (Å²) in [6.07, 6.45) is 2.39. The van der Waals surface area contributed by atoms with Gasteiger partial charge in [-0.3, -0.25) is 0 Å². The fourth-order valence-electron chi connectivity index (χ4n) is 2.52. The predicted molar refractivity (Wildman–Crippen MR) is 80.5 cm³/mol. The number of alkyl halides is 1. The molecule has 0 bridgehead atoms. The highest BCUT2D eigenvalue weighted by Gasteiger charge is 2.20. The average molecular weight is 333 g/mol. The maximum Gasteiger partial charge on any atom is 0.0494 e. The van der Waals surface area contributed by atoms with E-state index in [0.717, 1.165) is 24.2 Å². The summed E-state index contributed by atoms with van der Waals surface area (Å²) in [5.74, 6) is 1.28. The first-order valence-electron chi connectivity index (χ1n) is 6.33. The van der Waals surface area contributed by atoms with Gasteiger partial charge in [-0.1, -0.05) is 22.0 Å². The molecule has 100 valence electrons. The molecule has 2 rings (SSSR count). The lowest BCUT2D eigenvalue weighted by Gasteiger charge is -2.34. The molecule has 0 saturated carbocycles. The molecule has 0 spiro atoms. The van der Waals surface area contributed by atoms with Crippen molar-refractivity contribution in [1.82, 2.24) is 0 Å². The van der Waals surface area contributed by atoms with Crippen LogP contribution in [0.4, 0.5) is 5.69 Å². The van der Waals surface area contributed by atoms with E-state index in [1.807, 2.05) is 0 Å². The van der Waals surface area contributed by atoms with Gasteiger partial charge in [-0.2, -0.15) is 0 Å². The molecule has 4 heteroatoms. The first-order valence-corrected chi connectivity index (χ1v) is 7.65. The first kappa shape index (κ1) is 14.2. The number of hydrogen-bond donors (Lipinski definition) is 0. The third kappa shape index (κ3) is 3.40. The molecule has 2 nitrogen and oxygen atoms in total. The summed E-state index contributed by atoms with van der Waals surface area (Å²) in [7, 11) is 1.78. The van der Waals surface area contributed by atoms with Gasteiger partial charge in [-0.25, -0.2) is 0 Å². The second-order valence-electron chi connectivity index (χ2n) is 4.79. The van der Waals surface area contributed by atoms with E-state index in [1.54, 1.807) is 7.11 Å². The van der Waals surface area contributed by atoms with E-state index in [2.05, 4.69) is 39.0 Å². The molecule has 1 aromatic rings. The van der Waals surface area contributed by atoms with Crippen LogP contribution in [0.2, 0.25) is 0 Å². The van der Waals surface area contributed by atoms with E-state index in [4.69, 9.17) is 16.3 Å². The zero-order valence-corrected chi connectivity index (χ0v) is 13.0. The summed E-state index contributed by atoms with van der Waals surface area (Å²) >= 11 is 9.56.